The van der Waals surface area contributed by atoms with E-state index in [4.69, 9.17) is 0 Å². The van der Waals surface area contributed by atoms with E-state index in [-0.39, 0.29) is 5.41 Å². The van der Waals surface area contributed by atoms with Gasteiger partial charge in [-0.1, -0.05) is 173 Å². The summed E-state index contributed by atoms with van der Waals surface area (Å²) in [5.41, 5.74) is 15.5. The lowest BCUT2D eigenvalue weighted by Crippen LogP contribution is -2.15. The zero-order chi connectivity index (χ0) is 38.1. The van der Waals surface area contributed by atoms with Gasteiger partial charge in [-0.2, -0.15) is 0 Å². The molecule has 57 heavy (non-hydrogen) atoms. The number of rotatable bonds is 6. The van der Waals surface area contributed by atoms with Crippen LogP contribution in [0, 0.1) is 0 Å². The topological polar surface area (TPSA) is 3.24 Å². The smallest absolute Gasteiger partial charge is 0.0555 e. The zero-order valence-corrected chi connectivity index (χ0v) is 33.5. The SMILES string of the molecule is CC1(C)c2ccccc2-c2c(-c3ccccc3N(c3ccccc3-c3cccc4cccc(C5CCCCC5)c34)c3cccc4sc5ccccc5c34)cccc21. The van der Waals surface area contributed by atoms with Crippen molar-refractivity contribution in [3.63, 3.8) is 0 Å². The summed E-state index contributed by atoms with van der Waals surface area (Å²) >= 11 is 1.89. The number of anilines is 3. The largest absolute Gasteiger partial charge is 0.309 e. The maximum absolute atomic E-state index is 2.60. The Hall–Kier alpha value is -5.96. The number of fused-ring (bicyclic) bond motifs is 7. The Morgan fingerprint density at radius 2 is 1.02 bits per heavy atom. The highest BCUT2D eigenvalue weighted by molar-refractivity contribution is 7.26. The molecule has 1 fully saturated rings. The van der Waals surface area contributed by atoms with Crippen molar-refractivity contribution in [3.8, 4) is 33.4 Å². The van der Waals surface area contributed by atoms with Crippen LogP contribution in [0.1, 0.15) is 68.6 Å². The van der Waals surface area contributed by atoms with Crippen molar-refractivity contribution in [2.75, 3.05) is 4.90 Å². The lowest BCUT2D eigenvalue weighted by atomic mass is 9.80. The van der Waals surface area contributed by atoms with Gasteiger partial charge < -0.3 is 4.90 Å². The summed E-state index contributed by atoms with van der Waals surface area (Å²) in [5, 5.41) is 5.33. The molecule has 276 valence electrons. The van der Waals surface area contributed by atoms with Crippen molar-refractivity contribution >= 4 is 59.3 Å². The molecule has 1 aromatic heterocycles. The average Bonchev–Trinajstić information content (AvgIpc) is 3.76. The zero-order valence-electron chi connectivity index (χ0n) is 32.6. The first kappa shape index (κ1) is 34.3. The second kappa shape index (κ2) is 13.6. The Kier molecular flexibility index (Phi) is 8.19. The van der Waals surface area contributed by atoms with Gasteiger partial charge in [0.15, 0.2) is 0 Å². The number of hydrogen-bond acceptors (Lipinski definition) is 2. The molecule has 0 unspecified atom stereocenters. The van der Waals surface area contributed by atoms with Crippen LogP contribution in [0.25, 0.3) is 64.3 Å². The molecule has 1 heterocycles. The molecule has 8 aromatic carbocycles. The van der Waals surface area contributed by atoms with E-state index in [0.717, 1.165) is 0 Å². The second-order valence-electron chi connectivity index (χ2n) is 16.6. The van der Waals surface area contributed by atoms with Gasteiger partial charge in [0.25, 0.3) is 0 Å². The molecule has 2 aliphatic rings. The van der Waals surface area contributed by atoms with E-state index >= 15 is 0 Å². The minimum absolute atomic E-state index is 0.0885. The van der Waals surface area contributed by atoms with Gasteiger partial charge in [-0.15, -0.1) is 11.3 Å². The van der Waals surface area contributed by atoms with Crippen LogP contribution in [0.4, 0.5) is 17.1 Å². The summed E-state index contributed by atoms with van der Waals surface area (Å²) in [6, 6.07) is 64.1. The number of hydrogen-bond donors (Lipinski definition) is 0. The van der Waals surface area contributed by atoms with E-state index < -0.39 is 0 Å². The van der Waals surface area contributed by atoms with Gasteiger partial charge in [-0.3, -0.25) is 0 Å². The second-order valence-corrected chi connectivity index (χ2v) is 17.7. The summed E-state index contributed by atoms with van der Waals surface area (Å²) in [6.07, 6.45) is 6.51. The van der Waals surface area contributed by atoms with Crippen LogP contribution in [0.5, 0.6) is 0 Å². The van der Waals surface area contributed by atoms with Crippen LogP contribution in [0.2, 0.25) is 0 Å². The molecule has 2 heteroatoms. The molecule has 0 bridgehead atoms. The molecule has 0 saturated heterocycles. The Labute approximate surface area is 339 Å². The maximum atomic E-state index is 2.60. The van der Waals surface area contributed by atoms with Gasteiger partial charge in [0.1, 0.15) is 0 Å². The van der Waals surface area contributed by atoms with E-state index in [9.17, 15) is 0 Å². The number of benzene rings is 8. The predicted molar refractivity (Wildman–Crippen MR) is 246 cm³/mol. The number of para-hydroxylation sites is 2. The average molecular weight is 752 g/mol. The molecule has 2 aliphatic carbocycles. The summed E-state index contributed by atoms with van der Waals surface area (Å²) in [7, 11) is 0. The Balaban J connectivity index is 1.22. The third-order valence-electron chi connectivity index (χ3n) is 13.1. The summed E-state index contributed by atoms with van der Waals surface area (Å²) in [4.78, 5) is 2.60. The molecule has 0 atom stereocenters. The molecular formula is C55H45NS. The van der Waals surface area contributed by atoms with Gasteiger partial charge in [-0.25, -0.2) is 0 Å². The van der Waals surface area contributed by atoms with Crippen molar-refractivity contribution in [1.82, 2.24) is 0 Å². The molecule has 1 saturated carbocycles. The van der Waals surface area contributed by atoms with Crippen molar-refractivity contribution in [2.24, 2.45) is 0 Å². The quantitative estimate of drug-likeness (QED) is 0.164. The van der Waals surface area contributed by atoms with Gasteiger partial charge in [0.05, 0.1) is 17.1 Å². The normalized spacial score (nSPS) is 14.9. The van der Waals surface area contributed by atoms with Crippen LogP contribution in [0.3, 0.4) is 0 Å². The van der Waals surface area contributed by atoms with Crippen LogP contribution in [0.15, 0.2) is 170 Å². The van der Waals surface area contributed by atoms with Crippen LogP contribution < -0.4 is 4.90 Å². The Morgan fingerprint density at radius 3 is 1.82 bits per heavy atom. The van der Waals surface area contributed by atoms with Crippen molar-refractivity contribution in [1.29, 1.82) is 0 Å². The molecule has 11 rings (SSSR count). The van der Waals surface area contributed by atoms with E-state index in [2.05, 4.69) is 189 Å². The molecule has 0 spiro atoms. The first-order valence-corrected chi connectivity index (χ1v) is 21.5. The summed E-state index contributed by atoms with van der Waals surface area (Å²) < 4.78 is 2.61. The maximum Gasteiger partial charge on any atom is 0.0555 e. The standard InChI is InChI=1S/C55H45NS/c1-55(2)45-29-10-6-24-43(45)53-42(28-16-30-46(53)55)40-23-8-12-32-48(40)56(49-33-17-35-51-54(49)44-25-9-13-34-50(44)57-51)47-31-11-7-22-39(47)41-27-15-21-37-20-14-26-38(52(37)41)36-18-4-3-5-19-36/h6-17,20-36H,3-5,18-19H2,1-2H3. The van der Waals surface area contributed by atoms with E-state index in [1.54, 1.807) is 0 Å². The third kappa shape index (κ3) is 5.41. The van der Waals surface area contributed by atoms with Gasteiger partial charge >= 0.3 is 0 Å². The Morgan fingerprint density at radius 1 is 0.456 bits per heavy atom. The molecule has 0 N–H and O–H groups in total. The highest BCUT2D eigenvalue weighted by Gasteiger charge is 2.37. The van der Waals surface area contributed by atoms with Crippen molar-refractivity contribution < 1.29 is 0 Å². The predicted octanol–water partition coefficient (Wildman–Crippen LogP) is 16.4. The van der Waals surface area contributed by atoms with E-state index in [1.165, 1.54) is 130 Å². The number of thiophene rings is 1. The molecule has 0 radical (unpaired) electrons. The summed E-state index contributed by atoms with van der Waals surface area (Å²) in [5.74, 6) is 0.589. The fourth-order valence-electron chi connectivity index (χ4n) is 10.5. The van der Waals surface area contributed by atoms with Crippen molar-refractivity contribution in [2.45, 2.75) is 57.3 Å². The minimum Gasteiger partial charge on any atom is -0.309 e. The molecule has 9 aromatic rings. The first-order chi connectivity index (χ1) is 28.1. The fraction of sp³-hybridized carbons (Fsp3) is 0.164. The lowest BCUT2D eigenvalue weighted by Gasteiger charge is -2.31. The monoisotopic (exact) mass is 751 g/mol. The van der Waals surface area contributed by atoms with E-state index in [1.807, 2.05) is 11.3 Å². The van der Waals surface area contributed by atoms with Crippen LogP contribution in [-0.2, 0) is 5.41 Å². The Bertz CT molecular complexity index is 2990. The highest BCUT2D eigenvalue weighted by Crippen LogP contribution is 2.55. The van der Waals surface area contributed by atoms with E-state index in [0.29, 0.717) is 5.92 Å². The first-order valence-electron chi connectivity index (χ1n) is 20.7. The molecule has 0 aliphatic heterocycles. The third-order valence-corrected chi connectivity index (χ3v) is 14.2. The summed E-state index contributed by atoms with van der Waals surface area (Å²) in [6.45, 7) is 4.76. The molecule has 1 nitrogen and oxygen atoms in total. The molecule has 0 amide bonds. The minimum atomic E-state index is -0.0885. The van der Waals surface area contributed by atoms with Crippen LogP contribution in [-0.4, -0.2) is 0 Å². The highest BCUT2D eigenvalue weighted by atomic mass is 32.1. The van der Waals surface area contributed by atoms with Crippen LogP contribution >= 0.6 is 11.3 Å². The molecular weight excluding hydrogens is 707 g/mol. The fourth-order valence-corrected chi connectivity index (χ4v) is 11.6. The lowest BCUT2D eigenvalue weighted by molar-refractivity contribution is 0.445. The van der Waals surface area contributed by atoms with Gasteiger partial charge in [-0.05, 0) is 98.8 Å². The van der Waals surface area contributed by atoms with Crippen molar-refractivity contribution in [3.05, 3.63) is 187 Å². The number of nitrogens with zero attached hydrogens (tertiary/aromatic N) is 1. The van der Waals surface area contributed by atoms with Gasteiger partial charge in [0, 0.05) is 36.7 Å². The van der Waals surface area contributed by atoms with Gasteiger partial charge in [0.2, 0.25) is 0 Å².